The van der Waals surface area contributed by atoms with Gasteiger partial charge in [0.25, 0.3) is 0 Å². The van der Waals surface area contributed by atoms with Crippen molar-refractivity contribution in [2.75, 3.05) is 18.8 Å². The molecule has 0 aromatic carbocycles. The highest BCUT2D eigenvalue weighted by Gasteiger charge is 2.31. The Hall–Kier alpha value is -0.780. The van der Waals surface area contributed by atoms with E-state index < -0.39 is 9.84 Å². The van der Waals surface area contributed by atoms with Crippen LogP contribution in [0.1, 0.15) is 39.0 Å². The van der Waals surface area contributed by atoms with Crippen molar-refractivity contribution in [3.05, 3.63) is 0 Å². The molecule has 17 heavy (non-hydrogen) atoms. The Kier molecular flexibility index (Phi) is 5.74. The van der Waals surface area contributed by atoms with Crippen molar-refractivity contribution in [1.82, 2.24) is 10.6 Å². The maximum Gasteiger partial charge on any atom is 0.314 e. The number of amides is 2. The van der Waals surface area contributed by atoms with Crippen molar-refractivity contribution in [3.63, 3.8) is 0 Å². The molecule has 100 valence electrons. The minimum absolute atomic E-state index is 0.238. The second-order valence-corrected chi connectivity index (χ2v) is 6.88. The second-order valence-electron chi connectivity index (χ2n) is 4.48. The first-order valence-electron chi connectivity index (χ1n) is 6.29. The van der Waals surface area contributed by atoms with Crippen LogP contribution < -0.4 is 10.6 Å². The van der Waals surface area contributed by atoms with Crippen LogP contribution in [0.2, 0.25) is 0 Å². The molecule has 0 bridgehead atoms. The molecule has 0 saturated carbocycles. The Balaban J connectivity index is 2.15. The van der Waals surface area contributed by atoms with Crippen molar-refractivity contribution < 1.29 is 13.2 Å². The van der Waals surface area contributed by atoms with Gasteiger partial charge < -0.3 is 10.6 Å². The molecule has 5 nitrogen and oxygen atoms in total. The van der Waals surface area contributed by atoms with E-state index in [1.165, 1.54) is 0 Å². The molecule has 0 aliphatic carbocycles. The molecular weight excluding hydrogens is 240 g/mol. The summed E-state index contributed by atoms with van der Waals surface area (Å²) in [5, 5.41) is 4.97. The monoisotopic (exact) mass is 262 g/mol. The molecule has 1 fully saturated rings. The van der Waals surface area contributed by atoms with Crippen LogP contribution in [0.3, 0.4) is 0 Å². The Labute approximate surface area is 103 Å². The van der Waals surface area contributed by atoms with Crippen LogP contribution >= 0.6 is 0 Å². The molecule has 2 N–H and O–H groups in total. The van der Waals surface area contributed by atoms with Crippen molar-refractivity contribution in [1.29, 1.82) is 0 Å². The first-order chi connectivity index (χ1) is 8.06. The lowest BCUT2D eigenvalue weighted by Crippen LogP contribution is -2.41. The fourth-order valence-corrected chi connectivity index (χ4v) is 3.70. The maximum atomic E-state index is 11.5. The van der Waals surface area contributed by atoms with Gasteiger partial charge in [0.05, 0.1) is 11.0 Å². The molecular formula is C11H22N2O3S. The number of urea groups is 1. The lowest BCUT2D eigenvalue weighted by Gasteiger charge is -2.11. The number of hydrogen-bond donors (Lipinski definition) is 2. The van der Waals surface area contributed by atoms with Gasteiger partial charge in [-0.1, -0.05) is 19.8 Å². The van der Waals surface area contributed by atoms with E-state index in [-0.39, 0.29) is 23.6 Å². The zero-order valence-electron chi connectivity index (χ0n) is 10.4. The predicted octanol–water partition coefficient (Wildman–Crippen LogP) is 1.05. The van der Waals surface area contributed by atoms with Crippen LogP contribution in [0.15, 0.2) is 0 Å². The number of carbonyl (C=O) groups is 1. The van der Waals surface area contributed by atoms with Crippen molar-refractivity contribution in [2.45, 2.75) is 44.3 Å². The second kappa shape index (κ2) is 6.83. The third-order valence-electron chi connectivity index (χ3n) is 3.02. The molecule has 6 heteroatoms. The summed E-state index contributed by atoms with van der Waals surface area (Å²) in [5.74, 6) is 0.261. The minimum atomic E-state index is -2.95. The normalized spacial score (nSPS) is 22.3. The highest BCUT2D eigenvalue weighted by Crippen LogP contribution is 2.18. The largest absolute Gasteiger partial charge is 0.338 e. The lowest BCUT2D eigenvalue weighted by atomic mass is 10.2. The Morgan fingerprint density at radius 1 is 1.29 bits per heavy atom. The van der Waals surface area contributed by atoms with Gasteiger partial charge >= 0.3 is 6.03 Å². The summed E-state index contributed by atoms with van der Waals surface area (Å²) in [7, 11) is -2.95. The van der Waals surface area contributed by atoms with Crippen LogP contribution in [0.4, 0.5) is 4.79 Å². The van der Waals surface area contributed by atoms with Crippen LogP contribution in [-0.2, 0) is 9.84 Å². The van der Waals surface area contributed by atoms with Gasteiger partial charge in [0, 0.05) is 13.1 Å². The van der Waals surface area contributed by atoms with E-state index in [4.69, 9.17) is 0 Å². The summed E-state index contributed by atoms with van der Waals surface area (Å²) >= 11 is 0. The van der Waals surface area contributed by atoms with Crippen LogP contribution in [0.5, 0.6) is 0 Å². The van der Waals surface area contributed by atoms with E-state index in [1.54, 1.807) is 0 Å². The van der Waals surface area contributed by atoms with E-state index in [0.29, 0.717) is 19.4 Å². The first kappa shape index (κ1) is 14.3. The van der Waals surface area contributed by atoms with Gasteiger partial charge in [-0.25, -0.2) is 13.2 Å². The summed E-state index contributed by atoms with van der Waals surface area (Å²) in [5.41, 5.74) is 0. The molecule has 1 unspecified atom stereocenters. The van der Waals surface area contributed by atoms with E-state index >= 15 is 0 Å². The number of nitrogens with one attached hydrogen (secondary N) is 2. The van der Waals surface area contributed by atoms with Crippen LogP contribution in [0.25, 0.3) is 0 Å². The summed E-state index contributed by atoms with van der Waals surface area (Å²) in [6.45, 7) is 2.99. The van der Waals surface area contributed by atoms with Crippen LogP contribution in [0, 0.1) is 0 Å². The zero-order valence-corrected chi connectivity index (χ0v) is 11.2. The summed E-state index contributed by atoms with van der Waals surface area (Å²) < 4.78 is 23.0. The summed E-state index contributed by atoms with van der Waals surface area (Å²) in [6.07, 6.45) is 4.55. The van der Waals surface area contributed by atoms with E-state index in [0.717, 1.165) is 19.3 Å². The standard InChI is InChI=1S/C11H22N2O3S/c1-2-3-4-7-12-11(14)13-9-10-6-5-8-17(10,15)16/h10H,2-9H2,1H3,(H2,12,13,14). The molecule has 0 spiro atoms. The molecule has 0 aromatic heterocycles. The molecule has 0 radical (unpaired) electrons. The SMILES string of the molecule is CCCCCNC(=O)NCC1CCCS1(=O)=O. The smallest absolute Gasteiger partial charge is 0.314 e. The highest BCUT2D eigenvalue weighted by molar-refractivity contribution is 7.92. The van der Waals surface area contributed by atoms with Gasteiger partial charge in [0.2, 0.25) is 0 Å². The van der Waals surface area contributed by atoms with E-state index in [2.05, 4.69) is 17.6 Å². The van der Waals surface area contributed by atoms with Gasteiger partial charge in [0.1, 0.15) is 0 Å². The van der Waals surface area contributed by atoms with Crippen molar-refractivity contribution in [3.8, 4) is 0 Å². The topological polar surface area (TPSA) is 75.3 Å². The molecule has 1 saturated heterocycles. The van der Waals surface area contributed by atoms with Crippen molar-refractivity contribution >= 4 is 15.9 Å². The fraction of sp³-hybridized carbons (Fsp3) is 0.909. The number of rotatable bonds is 6. The lowest BCUT2D eigenvalue weighted by molar-refractivity contribution is 0.240. The van der Waals surface area contributed by atoms with Gasteiger partial charge in [0.15, 0.2) is 9.84 Å². The quantitative estimate of drug-likeness (QED) is 0.703. The first-order valence-corrected chi connectivity index (χ1v) is 8.01. The van der Waals surface area contributed by atoms with E-state index in [1.807, 2.05) is 0 Å². The molecule has 1 aliphatic rings. The Bertz CT molecular complexity index is 341. The molecule has 1 heterocycles. The third-order valence-corrected chi connectivity index (χ3v) is 5.29. The fourth-order valence-electron chi connectivity index (χ4n) is 1.93. The minimum Gasteiger partial charge on any atom is -0.338 e. The van der Waals surface area contributed by atoms with E-state index in [9.17, 15) is 13.2 Å². The third kappa shape index (κ3) is 4.93. The maximum absolute atomic E-state index is 11.5. The molecule has 1 aliphatic heterocycles. The van der Waals surface area contributed by atoms with Gasteiger partial charge in [-0.3, -0.25) is 0 Å². The molecule has 1 atom stereocenters. The number of carbonyl (C=O) groups excluding carboxylic acids is 1. The summed E-state index contributed by atoms with van der Waals surface area (Å²) in [6, 6.07) is -0.261. The summed E-state index contributed by atoms with van der Waals surface area (Å²) in [4.78, 5) is 11.4. The average molecular weight is 262 g/mol. The van der Waals surface area contributed by atoms with Crippen molar-refractivity contribution in [2.24, 2.45) is 0 Å². The molecule has 1 rings (SSSR count). The number of sulfone groups is 1. The van der Waals surface area contributed by atoms with Crippen LogP contribution in [-0.4, -0.2) is 38.5 Å². The molecule has 2 amide bonds. The molecule has 0 aromatic rings. The zero-order chi connectivity index (χ0) is 12.7. The number of unbranched alkanes of at least 4 members (excludes halogenated alkanes) is 2. The van der Waals surface area contributed by atoms with Gasteiger partial charge in [-0.05, 0) is 19.3 Å². The highest BCUT2D eigenvalue weighted by atomic mass is 32.2. The Morgan fingerprint density at radius 3 is 2.65 bits per heavy atom. The van der Waals surface area contributed by atoms with Gasteiger partial charge in [-0.2, -0.15) is 0 Å². The average Bonchev–Trinajstić information content (AvgIpc) is 2.61. The van der Waals surface area contributed by atoms with Gasteiger partial charge in [-0.15, -0.1) is 0 Å². The predicted molar refractivity (Wildman–Crippen MR) is 67.7 cm³/mol. The Morgan fingerprint density at radius 2 is 2.06 bits per heavy atom. The number of hydrogen-bond acceptors (Lipinski definition) is 3.